The van der Waals surface area contributed by atoms with E-state index in [1.165, 1.54) is 12.1 Å². The quantitative estimate of drug-likeness (QED) is 0.805. The maximum Gasteiger partial charge on any atom is 0.237 e. The molecule has 0 saturated heterocycles. The van der Waals surface area contributed by atoms with E-state index in [2.05, 4.69) is 0 Å². The van der Waals surface area contributed by atoms with Crippen molar-refractivity contribution in [2.75, 3.05) is 11.9 Å². The largest absolute Gasteiger partial charge is 0.314 e. The molecule has 0 unspecified atom stereocenters. The van der Waals surface area contributed by atoms with Crippen LogP contribution in [-0.4, -0.2) is 18.1 Å². The third-order valence-corrected chi connectivity index (χ3v) is 5.06. The minimum Gasteiger partial charge on any atom is -0.314 e. The number of thioether (sulfide) groups is 1. The van der Waals surface area contributed by atoms with E-state index in [0.717, 1.165) is 23.0 Å². The fourth-order valence-electron chi connectivity index (χ4n) is 2.96. The number of fused-ring (bicyclic) bond motifs is 1. The van der Waals surface area contributed by atoms with Crippen molar-refractivity contribution in [2.24, 2.45) is 0 Å². The molecule has 3 nitrogen and oxygen atoms in total. The first-order chi connectivity index (χ1) is 10.9. The van der Waals surface area contributed by atoms with Crippen LogP contribution in [0.15, 0.2) is 53.4 Å². The number of hydrogen-bond acceptors (Lipinski definition) is 3. The summed E-state index contributed by atoms with van der Waals surface area (Å²) in [5.41, 5.74) is 0.871. The van der Waals surface area contributed by atoms with E-state index in [4.69, 9.17) is 0 Å². The first kappa shape index (κ1) is 15.7. The Morgan fingerprint density at radius 2 is 1.83 bits per heavy atom. The van der Waals surface area contributed by atoms with Gasteiger partial charge in [-0.2, -0.15) is 0 Å². The molecular formula is C18H16FNO2S. The summed E-state index contributed by atoms with van der Waals surface area (Å²) in [6.07, 6.45) is 0.106. The molecule has 1 aliphatic rings. The second-order valence-corrected chi connectivity index (χ2v) is 6.95. The number of anilines is 1. The Morgan fingerprint density at radius 3 is 2.52 bits per heavy atom. The van der Waals surface area contributed by atoms with Crippen LogP contribution in [0.5, 0.6) is 0 Å². The van der Waals surface area contributed by atoms with Gasteiger partial charge in [0.2, 0.25) is 5.91 Å². The van der Waals surface area contributed by atoms with E-state index in [1.54, 1.807) is 31.0 Å². The van der Waals surface area contributed by atoms with Gasteiger partial charge in [0.1, 0.15) is 5.82 Å². The molecule has 1 atom stereocenters. The Bertz CT molecular complexity index is 775. The number of para-hydroxylation sites is 1. The van der Waals surface area contributed by atoms with Crippen LogP contribution in [0, 0.1) is 5.82 Å². The summed E-state index contributed by atoms with van der Waals surface area (Å²) in [5.74, 6) is -0.415. The van der Waals surface area contributed by atoms with E-state index in [9.17, 15) is 14.0 Å². The van der Waals surface area contributed by atoms with Crippen molar-refractivity contribution in [3.8, 4) is 0 Å². The van der Waals surface area contributed by atoms with Crippen molar-refractivity contribution in [3.63, 3.8) is 0 Å². The lowest BCUT2D eigenvalue weighted by molar-refractivity contribution is -0.125. The van der Waals surface area contributed by atoms with Gasteiger partial charge in [-0.25, -0.2) is 4.39 Å². The summed E-state index contributed by atoms with van der Waals surface area (Å²) in [7, 11) is 1.73. The van der Waals surface area contributed by atoms with E-state index in [0.29, 0.717) is 4.90 Å². The molecule has 0 radical (unpaired) electrons. The topological polar surface area (TPSA) is 37.4 Å². The number of carbonyl (C=O) groups is 2. The highest BCUT2D eigenvalue weighted by molar-refractivity contribution is 8.13. The zero-order valence-corrected chi connectivity index (χ0v) is 13.7. The van der Waals surface area contributed by atoms with E-state index in [1.807, 2.05) is 24.3 Å². The Labute approximate surface area is 138 Å². The van der Waals surface area contributed by atoms with Crippen molar-refractivity contribution in [2.45, 2.75) is 23.7 Å². The van der Waals surface area contributed by atoms with Gasteiger partial charge in [-0.1, -0.05) is 30.0 Å². The number of halogens is 1. The van der Waals surface area contributed by atoms with Gasteiger partial charge < -0.3 is 4.90 Å². The maximum atomic E-state index is 12.9. The second kappa shape index (κ2) is 5.81. The molecule has 1 aliphatic heterocycles. The molecule has 0 spiro atoms. The molecule has 0 saturated carbocycles. The third kappa shape index (κ3) is 2.77. The number of amides is 1. The summed E-state index contributed by atoms with van der Waals surface area (Å²) in [6, 6.07) is 13.3. The molecule has 0 aliphatic carbocycles. The smallest absolute Gasteiger partial charge is 0.237 e. The van der Waals surface area contributed by atoms with E-state index >= 15 is 0 Å². The average molecular weight is 329 g/mol. The summed E-state index contributed by atoms with van der Waals surface area (Å²) in [5, 5.41) is -0.113. The van der Waals surface area contributed by atoms with Crippen LogP contribution in [0.25, 0.3) is 0 Å². The normalized spacial score (nSPS) is 19.8. The number of likely N-dealkylation sites (N-methyl/N-ethyl adjacent to an activating group) is 1. The van der Waals surface area contributed by atoms with Crippen LogP contribution >= 0.6 is 11.8 Å². The minimum absolute atomic E-state index is 0.0771. The fourth-order valence-corrected chi connectivity index (χ4v) is 3.85. The van der Waals surface area contributed by atoms with Gasteiger partial charge in [0, 0.05) is 24.1 Å². The number of nitrogens with zero attached hydrogens (tertiary/aromatic N) is 1. The third-order valence-electron chi connectivity index (χ3n) is 4.18. The predicted octanol–water partition coefficient (Wildman–Crippen LogP) is 3.77. The molecule has 5 heteroatoms. The molecule has 1 amide bonds. The van der Waals surface area contributed by atoms with Crippen molar-refractivity contribution >= 4 is 28.5 Å². The number of hydrogen-bond donors (Lipinski definition) is 0. The van der Waals surface area contributed by atoms with Crippen LogP contribution in [0.4, 0.5) is 10.1 Å². The van der Waals surface area contributed by atoms with Gasteiger partial charge in [0.15, 0.2) is 5.12 Å². The minimum atomic E-state index is -0.852. The number of rotatable bonds is 3. The van der Waals surface area contributed by atoms with Crippen LogP contribution in [0.3, 0.4) is 0 Å². The highest BCUT2D eigenvalue weighted by atomic mass is 32.2. The van der Waals surface area contributed by atoms with E-state index < -0.39 is 5.41 Å². The zero-order valence-electron chi connectivity index (χ0n) is 12.9. The molecular weight excluding hydrogens is 313 g/mol. The first-order valence-corrected chi connectivity index (χ1v) is 8.07. The first-order valence-electron chi connectivity index (χ1n) is 7.26. The van der Waals surface area contributed by atoms with Crippen LogP contribution in [-0.2, 0) is 15.0 Å². The van der Waals surface area contributed by atoms with Crippen LogP contribution in [0.2, 0.25) is 0 Å². The number of carbonyl (C=O) groups excluding carboxylic acids is 2. The number of benzene rings is 2. The van der Waals surface area contributed by atoms with Crippen LogP contribution < -0.4 is 4.90 Å². The van der Waals surface area contributed by atoms with Gasteiger partial charge in [-0.05, 0) is 42.8 Å². The lowest BCUT2D eigenvalue weighted by Gasteiger charge is -2.22. The molecule has 1 heterocycles. The summed E-state index contributed by atoms with van der Waals surface area (Å²) in [4.78, 5) is 27.3. The van der Waals surface area contributed by atoms with Crippen molar-refractivity contribution < 1.29 is 14.0 Å². The Kier molecular flexibility index (Phi) is 3.98. The monoisotopic (exact) mass is 329 g/mol. The Hall–Kier alpha value is -2.14. The Balaban J connectivity index is 1.82. The van der Waals surface area contributed by atoms with Crippen molar-refractivity contribution in [3.05, 3.63) is 59.9 Å². The summed E-state index contributed by atoms with van der Waals surface area (Å²) >= 11 is 1.04. The Morgan fingerprint density at radius 1 is 1.17 bits per heavy atom. The molecule has 2 aromatic carbocycles. The maximum absolute atomic E-state index is 12.9. The van der Waals surface area contributed by atoms with Gasteiger partial charge in [-0.15, -0.1) is 0 Å². The molecule has 0 N–H and O–H groups in total. The van der Waals surface area contributed by atoms with Gasteiger partial charge in [0.05, 0.1) is 5.41 Å². The second-order valence-electron chi connectivity index (χ2n) is 5.82. The standard InChI is InChI=1S/C18H16FNO2S/c1-18(11-16(21)23-13-9-7-12(19)8-10-13)14-5-3-4-6-15(14)20(2)17(18)22/h3-10H,11H2,1-2H3/t18-/m0/s1. The molecule has 23 heavy (non-hydrogen) atoms. The molecule has 0 bridgehead atoms. The predicted molar refractivity (Wildman–Crippen MR) is 89.1 cm³/mol. The van der Waals surface area contributed by atoms with Crippen molar-refractivity contribution in [1.29, 1.82) is 0 Å². The van der Waals surface area contributed by atoms with Gasteiger partial charge in [-0.3, -0.25) is 9.59 Å². The van der Waals surface area contributed by atoms with E-state index in [-0.39, 0.29) is 23.3 Å². The SMILES string of the molecule is CN1C(=O)[C@@](C)(CC(=O)Sc2ccc(F)cc2)c2ccccc21. The zero-order chi connectivity index (χ0) is 16.6. The molecule has 2 aromatic rings. The highest BCUT2D eigenvalue weighted by Gasteiger charge is 2.47. The molecule has 0 aromatic heterocycles. The highest BCUT2D eigenvalue weighted by Crippen LogP contribution is 2.44. The van der Waals surface area contributed by atoms with Crippen LogP contribution in [0.1, 0.15) is 18.9 Å². The van der Waals surface area contributed by atoms with Gasteiger partial charge in [0.25, 0.3) is 0 Å². The molecule has 118 valence electrons. The fraction of sp³-hybridized carbons (Fsp3) is 0.222. The van der Waals surface area contributed by atoms with Crippen molar-refractivity contribution in [1.82, 2.24) is 0 Å². The lowest BCUT2D eigenvalue weighted by atomic mass is 9.81. The van der Waals surface area contributed by atoms with Gasteiger partial charge >= 0.3 is 0 Å². The summed E-state index contributed by atoms with van der Waals surface area (Å²) in [6.45, 7) is 1.81. The average Bonchev–Trinajstić information content (AvgIpc) is 2.72. The lowest BCUT2D eigenvalue weighted by Crippen LogP contribution is -2.37. The molecule has 0 fully saturated rings. The summed E-state index contributed by atoms with van der Waals surface area (Å²) < 4.78 is 12.9. The molecule has 3 rings (SSSR count).